The van der Waals surface area contributed by atoms with Gasteiger partial charge in [0.1, 0.15) is 10.6 Å². The summed E-state index contributed by atoms with van der Waals surface area (Å²) >= 11 is 9.06. The van der Waals surface area contributed by atoms with Gasteiger partial charge in [-0.05, 0) is 34.1 Å². The molecule has 1 aromatic heterocycles. The van der Waals surface area contributed by atoms with Crippen LogP contribution in [0.3, 0.4) is 0 Å². The van der Waals surface area contributed by atoms with E-state index in [2.05, 4.69) is 21.4 Å². The minimum Gasteiger partial charge on any atom is -0.345 e. The molecule has 0 aliphatic carbocycles. The molecule has 0 spiro atoms. The Kier molecular flexibility index (Phi) is 4.72. The highest BCUT2D eigenvalue weighted by Crippen LogP contribution is 2.19. The number of amides is 1. The normalized spacial score (nSPS) is 11.4. The number of hydrogen-bond acceptors (Lipinski definition) is 3. The summed E-state index contributed by atoms with van der Waals surface area (Å²) in [5.41, 5.74) is 2.44. The minimum absolute atomic E-state index is 0.0702. The van der Waals surface area contributed by atoms with Crippen molar-refractivity contribution in [1.29, 1.82) is 0 Å². The molecule has 0 aliphatic rings. The number of rotatable bonds is 4. The van der Waals surface area contributed by atoms with Crippen molar-refractivity contribution in [3.8, 4) is 0 Å². The zero-order valence-corrected chi connectivity index (χ0v) is 14.0. The lowest BCUT2D eigenvalue weighted by Gasteiger charge is -2.09. The van der Waals surface area contributed by atoms with E-state index in [4.69, 9.17) is 11.6 Å². The molecule has 0 unspecified atom stereocenters. The van der Waals surface area contributed by atoms with E-state index in [9.17, 15) is 13.2 Å². The van der Waals surface area contributed by atoms with E-state index < -0.39 is 15.9 Å². The second-order valence-corrected chi connectivity index (χ2v) is 7.12. The number of carbonyl (C=O) groups excluding carboxylic acids is 1. The van der Waals surface area contributed by atoms with E-state index in [-0.39, 0.29) is 9.92 Å². The molecule has 21 heavy (non-hydrogen) atoms. The predicted octanol–water partition coefficient (Wildman–Crippen LogP) is 2.06. The highest BCUT2D eigenvalue weighted by Gasteiger charge is 2.19. The summed E-state index contributed by atoms with van der Waals surface area (Å²) in [4.78, 5) is 13.8. The molecule has 0 saturated heterocycles. The Hall–Kier alpha value is -1.35. The van der Waals surface area contributed by atoms with Crippen molar-refractivity contribution in [3.05, 3.63) is 51.7 Å². The number of sulfonamides is 1. The molecule has 0 bridgehead atoms. The quantitative estimate of drug-likeness (QED) is 0.782. The van der Waals surface area contributed by atoms with Gasteiger partial charge in [-0.15, -0.1) is 4.83 Å². The van der Waals surface area contributed by atoms with Crippen LogP contribution < -0.4 is 10.3 Å². The van der Waals surface area contributed by atoms with Gasteiger partial charge in [-0.1, -0.05) is 23.7 Å². The van der Waals surface area contributed by atoms with Crippen LogP contribution in [-0.4, -0.2) is 18.9 Å². The van der Waals surface area contributed by atoms with Gasteiger partial charge in [0.25, 0.3) is 15.9 Å². The minimum atomic E-state index is -3.93. The highest BCUT2D eigenvalue weighted by molar-refractivity contribution is 9.10. The Balaban J connectivity index is 2.14. The first-order valence-corrected chi connectivity index (χ1v) is 8.35. The Morgan fingerprint density at radius 3 is 2.57 bits per heavy atom. The average Bonchev–Trinajstić information content (AvgIpc) is 2.75. The molecule has 6 nitrogen and oxygen atoms in total. The largest absolute Gasteiger partial charge is 0.345 e. The van der Waals surface area contributed by atoms with Gasteiger partial charge in [-0.3, -0.25) is 10.2 Å². The van der Waals surface area contributed by atoms with Crippen LogP contribution in [0.25, 0.3) is 0 Å². The van der Waals surface area contributed by atoms with Gasteiger partial charge in [0.2, 0.25) is 0 Å². The monoisotopic (exact) mass is 391 g/mol. The van der Waals surface area contributed by atoms with Crippen molar-refractivity contribution in [1.82, 2.24) is 14.8 Å². The average molecular weight is 393 g/mol. The second kappa shape index (κ2) is 6.18. The van der Waals surface area contributed by atoms with Gasteiger partial charge < -0.3 is 4.57 Å². The summed E-state index contributed by atoms with van der Waals surface area (Å²) in [5.74, 6) is -0.584. The summed E-state index contributed by atoms with van der Waals surface area (Å²) in [6.45, 7) is 0. The highest BCUT2D eigenvalue weighted by atomic mass is 79.9. The molecule has 1 aromatic carbocycles. The van der Waals surface area contributed by atoms with E-state index in [0.717, 1.165) is 0 Å². The van der Waals surface area contributed by atoms with Crippen LogP contribution in [0.15, 0.2) is 45.9 Å². The third-order valence-corrected chi connectivity index (χ3v) is 4.81. The van der Waals surface area contributed by atoms with Crippen molar-refractivity contribution < 1.29 is 13.2 Å². The van der Waals surface area contributed by atoms with E-state index in [1.54, 1.807) is 29.9 Å². The summed E-state index contributed by atoms with van der Waals surface area (Å²) in [7, 11) is -2.27. The molecule has 1 heterocycles. The maximum Gasteiger partial charge on any atom is 0.282 e. The lowest BCUT2D eigenvalue weighted by atomic mass is 10.4. The van der Waals surface area contributed by atoms with Crippen LogP contribution in [0.1, 0.15) is 10.5 Å². The van der Waals surface area contributed by atoms with Gasteiger partial charge in [-0.25, -0.2) is 8.42 Å². The molecular weight excluding hydrogens is 382 g/mol. The summed E-state index contributed by atoms with van der Waals surface area (Å²) in [6.07, 6.45) is 1.68. The number of aromatic nitrogens is 1. The van der Waals surface area contributed by atoms with Gasteiger partial charge >= 0.3 is 0 Å². The zero-order valence-electron chi connectivity index (χ0n) is 10.8. The van der Waals surface area contributed by atoms with E-state index >= 15 is 0 Å². The summed E-state index contributed by atoms with van der Waals surface area (Å²) in [5, 5.41) is 0.0702. The lowest BCUT2D eigenvalue weighted by molar-refractivity contribution is 0.0937. The smallest absolute Gasteiger partial charge is 0.282 e. The second-order valence-electron chi connectivity index (χ2n) is 4.14. The third-order valence-electron chi connectivity index (χ3n) is 2.63. The van der Waals surface area contributed by atoms with E-state index in [0.29, 0.717) is 10.2 Å². The van der Waals surface area contributed by atoms with Gasteiger partial charge in [0.05, 0.1) is 5.02 Å². The number of nitrogens with one attached hydrogen (secondary N) is 2. The Morgan fingerprint density at radius 2 is 2.00 bits per heavy atom. The SMILES string of the molecule is Cn1cc(Br)cc1C(=O)NNS(=O)(=O)c1ccccc1Cl. The fourth-order valence-corrected chi connectivity index (χ4v) is 3.53. The van der Waals surface area contributed by atoms with Crippen molar-refractivity contribution in [2.75, 3.05) is 0 Å². The standard InChI is InChI=1S/C12H11BrClN3O3S/c1-17-7-8(13)6-10(17)12(18)15-16-21(19,20)11-5-3-2-4-9(11)14/h2-7,16H,1H3,(H,15,18). The van der Waals surface area contributed by atoms with Crippen molar-refractivity contribution in [3.63, 3.8) is 0 Å². The summed E-state index contributed by atoms with van der Waals surface area (Å²) in [6, 6.07) is 7.51. The third kappa shape index (κ3) is 3.65. The van der Waals surface area contributed by atoms with Crippen molar-refractivity contribution >= 4 is 43.5 Å². The molecule has 0 atom stereocenters. The zero-order chi connectivity index (χ0) is 15.6. The van der Waals surface area contributed by atoms with Gasteiger partial charge in [-0.2, -0.15) is 0 Å². The molecule has 112 valence electrons. The topological polar surface area (TPSA) is 80.2 Å². The maximum atomic E-state index is 12.1. The Labute approximate surface area is 135 Å². The summed E-state index contributed by atoms with van der Waals surface area (Å²) < 4.78 is 26.4. The number of aryl methyl sites for hydroxylation is 1. The van der Waals surface area contributed by atoms with Crippen LogP contribution in [0, 0.1) is 0 Å². The first-order valence-electron chi connectivity index (χ1n) is 5.70. The van der Waals surface area contributed by atoms with Crippen LogP contribution in [-0.2, 0) is 17.1 Å². The van der Waals surface area contributed by atoms with Gasteiger partial charge in [0.15, 0.2) is 0 Å². The number of carbonyl (C=O) groups is 1. The molecular formula is C12H11BrClN3O3S. The number of nitrogens with zero attached hydrogens (tertiary/aromatic N) is 1. The van der Waals surface area contributed by atoms with E-state index in [1.165, 1.54) is 18.2 Å². The van der Waals surface area contributed by atoms with Crippen LogP contribution in [0.2, 0.25) is 5.02 Å². The molecule has 1 amide bonds. The molecule has 2 N–H and O–H groups in total. The van der Waals surface area contributed by atoms with Gasteiger partial charge in [0, 0.05) is 17.7 Å². The molecule has 9 heteroatoms. The molecule has 2 aromatic rings. The lowest BCUT2D eigenvalue weighted by Crippen LogP contribution is -2.42. The maximum absolute atomic E-state index is 12.1. The molecule has 0 saturated carbocycles. The molecule has 0 fully saturated rings. The molecule has 0 aliphatic heterocycles. The molecule has 2 rings (SSSR count). The van der Waals surface area contributed by atoms with Crippen molar-refractivity contribution in [2.24, 2.45) is 7.05 Å². The number of benzene rings is 1. The van der Waals surface area contributed by atoms with Crippen LogP contribution in [0.5, 0.6) is 0 Å². The fourth-order valence-electron chi connectivity index (χ4n) is 1.65. The van der Waals surface area contributed by atoms with E-state index in [1.807, 2.05) is 4.83 Å². The Bertz CT molecular complexity index is 789. The van der Waals surface area contributed by atoms with Crippen LogP contribution in [0.4, 0.5) is 0 Å². The molecule has 0 radical (unpaired) electrons. The number of hydrogen-bond donors (Lipinski definition) is 2. The van der Waals surface area contributed by atoms with Crippen molar-refractivity contribution in [2.45, 2.75) is 4.90 Å². The fraction of sp³-hybridized carbons (Fsp3) is 0.0833. The number of halogens is 2. The first kappa shape index (κ1) is 16.0. The predicted molar refractivity (Wildman–Crippen MR) is 82.4 cm³/mol. The first-order chi connectivity index (χ1) is 9.81. The Morgan fingerprint density at radius 1 is 1.33 bits per heavy atom. The number of hydrazine groups is 1. The van der Waals surface area contributed by atoms with Crippen LogP contribution >= 0.6 is 27.5 Å².